The molecule has 0 unspecified atom stereocenters. The van der Waals surface area contributed by atoms with Gasteiger partial charge in [-0.2, -0.15) is 0 Å². The van der Waals surface area contributed by atoms with Gasteiger partial charge in [0.15, 0.2) is 5.76 Å². The van der Waals surface area contributed by atoms with Crippen LogP contribution in [0.1, 0.15) is 35.6 Å². The molecule has 0 aromatic carbocycles. The summed E-state index contributed by atoms with van der Waals surface area (Å²) in [6.45, 7) is 1.73. The van der Waals surface area contributed by atoms with Crippen LogP contribution in [0.25, 0.3) is 0 Å². The Hall–Kier alpha value is -1.58. The molecule has 0 spiro atoms. The molecule has 0 radical (unpaired) electrons. The van der Waals surface area contributed by atoms with Gasteiger partial charge in [-0.25, -0.2) is 0 Å². The number of aryl methyl sites for hydroxylation is 1. The molecule has 1 saturated carbocycles. The highest BCUT2D eigenvalue weighted by Gasteiger charge is 2.52. The molecule has 1 fully saturated rings. The molecule has 0 bridgehead atoms. The van der Waals surface area contributed by atoms with Gasteiger partial charge in [0.2, 0.25) is 5.78 Å². The lowest BCUT2D eigenvalue weighted by Crippen LogP contribution is -2.45. The fourth-order valence-electron chi connectivity index (χ4n) is 1.86. The lowest BCUT2D eigenvalue weighted by Gasteiger charge is -2.34. The Kier molecular flexibility index (Phi) is 2.14. The highest BCUT2D eigenvalue weighted by molar-refractivity contribution is 6.11. The number of rotatable bonds is 3. The first-order valence-electron chi connectivity index (χ1n) is 4.91. The number of hydrogen-bond acceptors (Lipinski definition) is 3. The Morgan fingerprint density at radius 3 is 2.40 bits per heavy atom. The number of Topliss-reactive ketones (excluding diaryl/α,β-unsaturated/α-hetero) is 1. The number of carboxylic acids is 1. The van der Waals surface area contributed by atoms with Gasteiger partial charge in [0.05, 0.1) is 0 Å². The van der Waals surface area contributed by atoms with Crippen LogP contribution in [-0.4, -0.2) is 16.9 Å². The summed E-state index contributed by atoms with van der Waals surface area (Å²) in [7, 11) is 0. The number of ketones is 1. The van der Waals surface area contributed by atoms with Crippen molar-refractivity contribution in [2.24, 2.45) is 5.41 Å². The van der Waals surface area contributed by atoms with Gasteiger partial charge in [0, 0.05) is 0 Å². The quantitative estimate of drug-likeness (QED) is 0.609. The van der Waals surface area contributed by atoms with E-state index in [4.69, 9.17) is 9.52 Å². The minimum atomic E-state index is -1.22. The van der Waals surface area contributed by atoms with Gasteiger partial charge in [-0.05, 0) is 31.9 Å². The summed E-state index contributed by atoms with van der Waals surface area (Å²) in [4.78, 5) is 23.0. The van der Waals surface area contributed by atoms with Crippen molar-refractivity contribution < 1.29 is 19.1 Å². The molecule has 2 rings (SSSR count). The molecular weight excluding hydrogens is 196 g/mol. The number of carbonyl (C=O) groups excluding carboxylic acids is 1. The number of furan rings is 1. The van der Waals surface area contributed by atoms with Gasteiger partial charge in [0.25, 0.3) is 0 Å². The number of hydrogen-bond donors (Lipinski definition) is 1. The van der Waals surface area contributed by atoms with Crippen molar-refractivity contribution in [2.45, 2.75) is 26.2 Å². The maximum absolute atomic E-state index is 11.9. The van der Waals surface area contributed by atoms with E-state index >= 15 is 0 Å². The Bertz CT molecular complexity index is 412. The van der Waals surface area contributed by atoms with Crippen LogP contribution in [0.2, 0.25) is 0 Å². The van der Waals surface area contributed by atoms with Gasteiger partial charge in [0.1, 0.15) is 11.2 Å². The van der Waals surface area contributed by atoms with Crippen molar-refractivity contribution in [1.29, 1.82) is 0 Å². The van der Waals surface area contributed by atoms with Gasteiger partial charge < -0.3 is 9.52 Å². The van der Waals surface area contributed by atoms with E-state index in [9.17, 15) is 9.59 Å². The minimum Gasteiger partial charge on any atom is -0.480 e. The minimum absolute atomic E-state index is 0.162. The van der Waals surface area contributed by atoms with Crippen molar-refractivity contribution in [1.82, 2.24) is 0 Å². The summed E-state index contributed by atoms with van der Waals surface area (Å²) < 4.78 is 5.16. The van der Waals surface area contributed by atoms with Crippen molar-refractivity contribution in [3.8, 4) is 0 Å². The zero-order valence-corrected chi connectivity index (χ0v) is 8.45. The average molecular weight is 208 g/mol. The lowest BCUT2D eigenvalue weighted by atomic mass is 9.65. The summed E-state index contributed by atoms with van der Waals surface area (Å²) >= 11 is 0. The molecule has 15 heavy (non-hydrogen) atoms. The molecule has 1 N–H and O–H groups in total. The van der Waals surface area contributed by atoms with Gasteiger partial charge in [-0.15, -0.1) is 0 Å². The molecule has 0 amide bonds. The van der Waals surface area contributed by atoms with Crippen LogP contribution < -0.4 is 0 Å². The fraction of sp³-hybridized carbons (Fsp3) is 0.455. The first-order chi connectivity index (χ1) is 7.06. The molecule has 0 atom stereocenters. The van der Waals surface area contributed by atoms with Gasteiger partial charge in [-0.3, -0.25) is 9.59 Å². The molecule has 0 saturated heterocycles. The first kappa shape index (κ1) is 9.96. The van der Waals surface area contributed by atoms with E-state index in [-0.39, 0.29) is 5.76 Å². The standard InChI is InChI=1S/C11H12O4/c1-7-3-4-8(15-7)9(12)11(10(13)14)5-2-6-11/h3-4H,2,5-6H2,1H3,(H,13,14). The second kappa shape index (κ2) is 3.22. The predicted molar refractivity (Wildman–Crippen MR) is 51.7 cm³/mol. The van der Waals surface area contributed by atoms with Gasteiger partial charge >= 0.3 is 5.97 Å². The molecule has 1 aliphatic rings. The van der Waals surface area contributed by atoms with Gasteiger partial charge in [-0.1, -0.05) is 6.42 Å². The Morgan fingerprint density at radius 1 is 1.40 bits per heavy atom. The largest absolute Gasteiger partial charge is 0.480 e. The molecule has 1 aromatic heterocycles. The zero-order chi connectivity index (χ0) is 11.1. The van der Waals surface area contributed by atoms with Crippen LogP contribution in [0.4, 0.5) is 0 Å². The van der Waals surface area contributed by atoms with E-state index in [0.29, 0.717) is 18.6 Å². The Balaban J connectivity index is 2.31. The smallest absolute Gasteiger partial charge is 0.317 e. The Labute approximate surface area is 86.9 Å². The van der Waals surface area contributed by atoms with Crippen molar-refractivity contribution >= 4 is 11.8 Å². The van der Waals surface area contributed by atoms with E-state index in [1.54, 1.807) is 19.1 Å². The SMILES string of the molecule is Cc1ccc(C(=O)C2(C(=O)O)CCC2)o1. The topological polar surface area (TPSA) is 67.5 Å². The van der Waals surface area contributed by atoms with Crippen LogP contribution >= 0.6 is 0 Å². The third kappa shape index (κ3) is 1.37. The van der Waals surface area contributed by atoms with Crippen molar-refractivity contribution in [2.75, 3.05) is 0 Å². The van der Waals surface area contributed by atoms with Crippen molar-refractivity contribution in [3.63, 3.8) is 0 Å². The van der Waals surface area contributed by atoms with E-state index in [1.165, 1.54) is 0 Å². The van der Waals surface area contributed by atoms with Crippen LogP contribution in [0.3, 0.4) is 0 Å². The summed E-state index contributed by atoms with van der Waals surface area (Å²) in [6, 6.07) is 3.21. The predicted octanol–water partition coefficient (Wildman–Crippen LogP) is 2.03. The number of aliphatic carboxylic acids is 1. The van der Waals surface area contributed by atoms with Crippen LogP contribution in [-0.2, 0) is 4.79 Å². The van der Waals surface area contributed by atoms with E-state index < -0.39 is 17.2 Å². The Morgan fingerprint density at radius 2 is 2.07 bits per heavy atom. The van der Waals surface area contributed by atoms with E-state index in [0.717, 1.165) is 6.42 Å². The maximum atomic E-state index is 11.9. The monoisotopic (exact) mass is 208 g/mol. The molecular formula is C11H12O4. The molecule has 4 heteroatoms. The first-order valence-corrected chi connectivity index (χ1v) is 4.91. The maximum Gasteiger partial charge on any atom is 0.317 e. The summed E-state index contributed by atoms with van der Waals surface area (Å²) in [5.74, 6) is -0.644. The highest BCUT2D eigenvalue weighted by Crippen LogP contribution is 2.44. The molecule has 0 aliphatic heterocycles. The second-order valence-electron chi connectivity index (χ2n) is 3.98. The van der Waals surface area contributed by atoms with Crippen LogP contribution in [0.15, 0.2) is 16.5 Å². The molecule has 1 heterocycles. The molecule has 1 aliphatic carbocycles. The number of carbonyl (C=O) groups is 2. The average Bonchev–Trinajstić information content (AvgIpc) is 2.48. The fourth-order valence-corrected chi connectivity index (χ4v) is 1.86. The highest BCUT2D eigenvalue weighted by atomic mass is 16.4. The molecule has 1 aromatic rings. The van der Waals surface area contributed by atoms with Crippen LogP contribution in [0.5, 0.6) is 0 Å². The lowest BCUT2D eigenvalue weighted by molar-refractivity contribution is -0.150. The third-order valence-corrected chi connectivity index (χ3v) is 3.02. The second-order valence-corrected chi connectivity index (χ2v) is 3.98. The van der Waals surface area contributed by atoms with Crippen LogP contribution in [0, 0.1) is 12.3 Å². The summed E-state index contributed by atoms with van der Waals surface area (Å²) in [6.07, 6.45) is 1.62. The number of carboxylic acid groups (broad SMARTS) is 1. The zero-order valence-electron chi connectivity index (χ0n) is 8.45. The summed E-state index contributed by atoms with van der Waals surface area (Å²) in [5, 5.41) is 9.06. The van der Waals surface area contributed by atoms with E-state index in [2.05, 4.69) is 0 Å². The summed E-state index contributed by atoms with van der Waals surface area (Å²) in [5.41, 5.74) is -1.22. The van der Waals surface area contributed by atoms with Crippen molar-refractivity contribution in [3.05, 3.63) is 23.7 Å². The molecule has 80 valence electrons. The van der Waals surface area contributed by atoms with E-state index in [1.807, 2.05) is 0 Å². The normalized spacial score (nSPS) is 18.2. The molecule has 4 nitrogen and oxygen atoms in total. The third-order valence-electron chi connectivity index (χ3n) is 3.02.